The van der Waals surface area contributed by atoms with Crippen molar-refractivity contribution >= 4 is 29.1 Å². The van der Waals surface area contributed by atoms with E-state index in [1.54, 1.807) is 24.3 Å². The normalized spacial score (nSPS) is 12.5. The highest BCUT2D eigenvalue weighted by atomic mass is 19.1. The summed E-state index contributed by atoms with van der Waals surface area (Å²) >= 11 is 0. The summed E-state index contributed by atoms with van der Waals surface area (Å²) in [6, 6.07) is 18.1. The van der Waals surface area contributed by atoms with Crippen molar-refractivity contribution in [1.29, 1.82) is 0 Å². The molecule has 0 unspecified atom stereocenters. The largest absolute Gasteiger partial charge is 0.424 e. The van der Waals surface area contributed by atoms with Crippen LogP contribution >= 0.6 is 0 Å². The van der Waals surface area contributed by atoms with E-state index in [2.05, 4.69) is 15.3 Å². The lowest BCUT2D eigenvalue weighted by Gasteiger charge is -2.13. The monoisotopic (exact) mass is 482 g/mol. The van der Waals surface area contributed by atoms with Crippen molar-refractivity contribution in [3.63, 3.8) is 0 Å². The number of aryl methyl sites for hydroxylation is 2. The van der Waals surface area contributed by atoms with Gasteiger partial charge in [0.2, 0.25) is 0 Å². The van der Waals surface area contributed by atoms with Crippen LogP contribution in [0.3, 0.4) is 0 Å². The molecule has 0 fully saturated rings. The Morgan fingerprint density at radius 3 is 2.14 bits per heavy atom. The van der Waals surface area contributed by atoms with Gasteiger partial charge in [-0.15, -0.1) is 0 Å². The molecular formula is C27H19FN4O4. The maximum Gasteiger partial charge on any atom is 0.322 e. The summed E-state index contributed by atoms with van der Waals surface area (Å²) in [5.74, 6) is -1.54. The second-order valence-electron chi connectivity index (χ2n) is 8.20. The fourth-order valence-corrected chi connectivity index (χ4v) is 3.86. The quantitative estimate of drug-likeness (QED) is 0.398. The van der Waals surface area contributed by atoms with E-state index in [0.29, 0.717) is 11.4 Å². The maximum absolute atomic E-state index is 13.3. The smallest absolute Gasteiger partial charge is 0.322 e. The molecule has 0 radical (unpaired) electrons. The van der Waals surface area contributed by atoms with Gasteiger partial charge in [-0.2, -0.15) is 0 Å². The number of halogens is 1. The number of amides is 3. The molecule has 1 N–H and O–H groups in total. The van der Waals surface area contributed by atoms with E-state index in [1.807, 2.05) is 19.9 Å². The molecule has 0 spiro atoms. The van der Waals surface area contributed by atoms with Gasteiger partial charge in [0.25, 0.3) is 17.7 Å². The zero-order chi connectivity index (χ0) is 25.4. The van der Waals surface area contributed by atoms with E-state index in [9.17, 15) is 18.8 Å². The third-order valence-corrected chi connectivity index (χ3v) is 5.52. The number of fused-ring (bicyclic) bond motifs is 1. The summed E-state index contributed by atoms with van der Waals surface area (Å²) in [4.78, 5) is 47.9. The molecule has 0 saturated carbocycles. The minimum Gasteiger partial charge on any atom is -0.424 e. The number of carbonyl (C=O) groups excluding carboxylic acids is 3. The molecule has 0 atom stereocenters. The predicted octanol–water partition coefficient (Wildman–Crippen LogP) is 5.08. The van der Waals surface area contributed by atoms with E-state index in [-0.39, 0.29) is 28.4 Å². The first kappa shape index (κ1) is 22.9. The molecule has 0 bridgehead atoms. The van der Waals surface area contributed by atoms with Gasteiger partial charge < -0.3 is 10.1 Å². The van der Waals surface area contributed by atoms with E-state index in [4.69, 9.17) is 4.74 Å². The highest BCUT2D eigenvalue weighted by Crippen LogP contribution is 2.29. The number of rotatable bonds is 5. The molecule has 1 aliphatic rings. The first-order valence-electron chi connectivity index (χ1n) is 11.0. The van der Waals surface area contributed by atoms with Crippen LogP contribution in [0.4, 0.5) is 15.8 Å². The predicted molar refractivity (Wildman–Crippen MR) is 130 cm³/mol. The van der Waals surface area contributed by atoms with Crippen LogP contribution in [0.1, 0.15) is 42.5 Å². The summed E-state index contributed by atoms with van der Waals surface area (Å²) in [6.07, 6.45) is 0. The van der Waals surface area contributed by atoms with Crippen molar-refractivity contribution in [3.05, 3.63) is 107 Å². The van der Waals surface area contributed by atoms with E-state index >= 15 is 0 Å². The van der Waals surface area contributed by atoms with Gasteiger partial charge in [-0.05, 0) is 86.6 Å². The Bertz CT molecular complexity index is 1500. The lowest BCUT2D eigenvalue weighted by Crippen LogP contribution is -2.29. The van der Waals surface area contributed by atoms with Crippen molar-refractivity contribution in [2.45, 2.75) is 13.8 Å². The Hall–Kier alpha value is -4.92. The zero-order valence-electron chi connectivity index (χ0n) is 19.3. The molecular weight excluding hydrogens is 463 g/mol. The number of imide groups is 1. The summed E-state index contributed by atoms with van der Waals surface area (Å²) in [5, 5.41) is 2.76. The number of ether oxygens (including phenoxy) is 1. The third-order valence-electron chi connectivity index (χ3n) is 5.52. The van der Waals surface area contributed by atoms with Crippen LogP contribution < -0.4 is 15.0 Å². The highest BCUT2D eigenvalue weighted by Gasteiger charge is 2.37. The van der Waals surface area contributed by atoms with Crippen molar-refractivity contribution in [2.75, 3.05) is 10.2 Å². The number of carbonyl (C=O) groups is 3. The van der Waals surface area contributed by atoms with Crippen molar-refractivity contribution in [2.24, 2.45) is 0 Å². The molecule has 178 valence electrons. The Morgan fingerprint density at radius 2 is 1.47 bits per heavy atom. The summed E-state index contributed by atoms with van der Waals surface area (Å²) in [5.41, 5.74) is 2.82. The van der Waals surface area contributed by atoms with Crippen LogP contribution in [0, 0.1) is 19.7 Å². The van der Waals surface area contributed by atoms with Crippen LogP contribution in [0.15, 0.2) is 72.8 Å². The Kier molecular flexibility index (Phi) is 5.73. The number of aromatic nitrogens is 2. The lowest BCUT2D eigenvalue weighted by molar-refractivity contribution is 0.0925. The molecule has 8 nitrogen and oxygen atoms in total. The topological polar surface area (TPSA) is 101 Å². The summed E-state index contributed by atoms with van der Waals surface area (Å²) in [6.45, 7) is 3.70. The molecule has 1 aliphatic heterocycles. The summed E-state index contributed by atoms with van der Waals surface area (Å²) in [7, 11) is 0. The van der Waals surface area contributed by atoms with Crippen LogP contribution in [-0.4, -0.2) is 27.7 Å². The molecule has 4 aromatic rings. The second kappa shape index (κ2) is 9.03. The van der Waals surface area contributed by atoms with Crippen LogP contribution in [0.5, 0.6) is 11.8 Å². The molecule has 3 amide bonds. The minimum absolute atomic E-state index is 0.106. The molecule has 0 saturated heterocycles. The number of hydrogen-bond donors (Lipinski definition) is 1. The van der Waals surface area contributed by atoms with Crippen LogP contribution in [-0.2, 0) is 0 Å². The molecule has 5 rings (SSSR count). The molecule has 2 heterocycles. The second-order valence-corrected chi connectivity index (χ2v) is 8.20. The van der Waals surface area contributed by atoms with Gasteiger partial charge in [0, 0.05) is 22.6 Å². The fraction of sp³-hybridized carbons (Fsp3) is 0.0741. The van der Waals surface area contributed by atoms with E-state index in [1.165, 1.54) is 42.5 Å². The van der Waals surface area contributed by atoms with E-state index < -0.39 is 23.5 Å². The summed E-state index contributed by atoms with van der Waals surface area (Å²) < 4.78 is 18.9. The first-order chi connectivity index (χ1) is 17.3. The standard InChI is InChI=1S/C27H19FN4O4/c1-15-13-16(2)30-27(29-15)36-21-10-6-19(7-11-21)31-24(33)17-3-12-22-23(14-17)26(35)32(25(22)34)20-8-4-18(28)5-9-20/h3-14H,1-2H3,(H,31,33). The molecule has 0 aliphatic carbocycles. The number of benzene rings is 3. The van der Waals surface area contributed by atoms with Gasteiger partial charge in [-0.3, -0.25) is 14.4 Å². The SMILES string of the molecule is Cc1cc(C)nc(Oc2ccc(NC(=O)c3ccc4c(c3)C(=O)N(c3ccc(F)cc3)C4=O)cc2)n1. The van der Waals surface area contributed by atoms with Crippen molar-refractivity contribution in [3.8, 4) is 11.8 Å². The molecule has 9 heteroatoms. The lowest BCUT2D eigenvalue weighted by atomic mass is 10.1. The van der Waals surface area contributed by atoms with Gasteiger partial charge in [-0.1, -0.05) is 0 Å². The fourth-order valence-electron chi connectivity index (χ4n) is 3.86. The van der Waals surface area contributed by atoms with Crippen molar-refractivity contribution in [1.82, 2.24) is 9.97 Å². The number of nitrogens with one attached hydrogen (secondary N) is 1. The average Bonchev–Trinajstić information content (AvgIpc) is 3.09. The minimum atomic E-state index is -0.577. The van der Waals surface area contributed by atoms with Gasteiger partial charge in [0.15, 0.2) is 0 Å². The Morgan fingerprint density at radius 1 is 0.833 bits per heavy atom. The average molecular weight is 482 g/mol. The maximum atomic E-state index is 13.3. The first-order valence-corrected chi connectivity index (χ1v) is 11.0. The highest BCUT2D eigenvalue weighted by molar-refractivity contribution is 6.34. The number of nitrogens with zero attached hydrogens (tertiary/aromatic N) is 3. The van der Waals surface area contributed by atoms with Gasteiger partial charge in [0.1, 0.15) is 11.6 Å². The van der Waals surface area contributed by atoms with Gasteiger partial charge in [-0.25, -0.2) is 19.3 Å². The van der Waals surface area contributed by atoms with Gasteiger partial charge in [0.05, 0.1) is 16.8 Å². The van der Waals surface area contributed by atoms with Crippen LogP contribution in [0.25, 0.3) is 0 Å². The Labute approximate surface area is 205 Å². The molecule has 3 aromatic carbocycles. The van der Waals surface area contributed by atoms with Gasteiger partial charge >= 0.3 is 6.01 Å². The number of hydrogen-bond acceptors (Lipinski definition) is 6. The van der Waals surface area contributed by atoms with E-state index in [0.717, 1.165) is 16.3 Å². The zero-order valence-corrected chi connectivity index (χ0v) is 19.3. The van der Waals surface area contributed by atoms with Crippen LogP contribution in [0.2, 0.25) is 0 Å². The van der Waals surface area contributed by atoms with Crippen molar-refractivity contribution < 1.29 is 23.5 Å². The number of anilines is 2. The molecule has 36 heavy (non-hydrogen) atoms. The third kappa shape index (κ3) is 4.41. The Balaban J connectivity index is 1.30. The molecule has 1 aromatic heterocycles.